The van der Waals surface area contributed by atoms with Crippen LogP contribution in [0.25, 0.3) is 0 Å². The minimum Gasteiger partial charge on any atom is -0.503 e. The van der Waals surface area contributed by atoms with Crippen LogP contribution < -0.4 is 9.64 Å². The Hall–Kier alpha value is -3.46. The van der Waals surface area contributed by atoms with Crippen molar-refractivity contribution in [3.05, 3.63) is 64.1 Å². The molecule has 2 aromatic rings. The second-order valence-electron chi connectivity index (χ2n) is 11.0. The standard InChI is InChI=1S/C30H29BrN2O6/c1-4-32-26(35)18-11-10-17-19(23(18)28(32)37)14-20-27(36)33(16-8-6-5-7-9-16)29(38)30(20,2)24(17)15-12-21(31)25(34)22(13-15)39-3/h5-10,12-13,18-20,23-24,34H,4,11,14H2,1-3H3/t18-,19+,20-,23-,24-,30+/m0/s1. The van der Waals surface area contributed by atoms with Gasteiger partial charge in [0.05, 0.1) is 40.4 Å². The van der Waals surface area contributed by atoms with Crippen LogP contribution in [0.2, 0.25) is 0 Å². The molecule has 1 N–H and O–H groups in total. The number of aromatic hydroxyl groups is 1. The normalized spacial score (nSPS) is 31.7. The number of phenols is 1. The lowest BCUT2D eigenvalue weighted by Gasteiger charge is -2.49. The molecule has 0 radical (unpaired) electrons. The Balaban J connectivity index is 1.56. The molecule has 1 saturated carbocycles. The number of carbonyl (C=O) groups is 4. The summed E-state index contributed by atoms with van der Waals surface area (Å²) in [6.45, 7) is 3.93. The molecule has 4 amide bonds. The van der Waals surface area contributed by atoms with Gasteiger partial charge in [-0.3, -0.25) is 24.1 Å². The van der Waals surface area contributed by atoms with E-state index in [1.54, 1.807) is 43.3 Å². The highest BCUT2D eigenvalue weighted by atomic mass is 79.9. The van der Waals surface area contributed by atoms with Gasteiger partial charge in [0.25, 0.3) is 0 Å². The average Bonchev–Trinajstić information content (AvgIpc) is 3.29. The van der Waals surface area contributed by atoms with Crippen molar-refractivity contribution >= 4 is 45.2 Å². The van der Waals surface area contributed by atoms with Gasteiger partial charge >= 0.3 is 0 Å². The molecule has 6 atom stereocenters. The minimum atomic E-state index is -1.15. The molecule has 9 heteroatoms. The molecule has 2 aromatic carbocycles. The van der Waals surface area contributed by atoms with Gasteiger partial charge in [0.15, 0.2) is 11.5 Å². The number of amides is 4. The second kappa shape index (κ2) is 9.05. The summed E-state index contributed by atoms with van der Waals surface area (Å²) in [6, 6.07) is 12.3. The van der Waals surface area contributed by atoms with Gasteiger partial charge in [0, 0.05) is 12.5 Å². The maximum Gasteiger partial charge on any atom is 0.241 e. The van der Waals surface area contributed by atoms with E-state index in [0.717, 1.165) is 5.57 Å². The van der Waals surface area contributed by atoms with Crippen molar-refractivity contribution in [1.82, 2.24) is 4.90 Å². The summed E-state index contributed by atoms with van der Waals surface area (Å²) in [5, 5.41) is 10.5. The van der Waals surface area contributed by atoms with Crippen LogP contribution in [-0.2, 0) is 19.2 Å². The van der Waals surface area contributed by atoms with Crippen molar-refractivity contribution in [2.45, 2.75) is 32.6 Å². The topological polar surface area (TPSA) is 104 Å². The van der Waals surface area contributed by atoms with Gasteiger partial charge in [0.2, 0.25) is 23.6 Å². The van der Waals surface area contributed by atoms with E-state index in [4.69, 9.17) is 4.74 Å². The third kappa shape index (κ3) is 3.41. The summed E-state index contributed by atoms with van der Waals surface area (Å²) in [5.41, 5.74) is 0.938. The van der Waals surface area contributed by atoms with Gasteiger partial charge in [-0.05, 0) is 78.4 Å². The molecule has 3 fully saturated rings. The number of halogens is 1. The van der Waals surface area contributed by atoms with E-state index in [2.05, 4.69) is 15.9 Å². The van der Waals surface area contributed by atoms with Crippen LogP contribution in [0.4, 0.5) is 5.69 Å². The Bertz CT molecular complexity index is 1450. The van der Waals surface area contributed by atoms with E-state index in [0.29, 0.717) is 35.1 Å². The Morgan fingerprint density at radius 1 is 1.05 bits per heavy atom. The van der Waals surface area contributed by atoms with Crippen LogP contribution in [0, 0.1) is 29.1 Å². The highest BCUT2D eigenvalue weighted by Crippen LogP contribution is 2.64. The molecule has 0 unspecified atom stereocenters. The third-order valence-electron chi connectivity index (χ3n) is 9.30. The lowest BCUT2D eigenvalue weighted by Crippen LogP contribution is -2.48. The fraction of sp³-hybridized carbons (Fsp3) is 0.400. The van der Waals surface area contributed by atoms with Crippen molar-refractivity contribution in [3.8, 4) is 11.5 Å². The number of rotatable bonds is 4. The van der Waals surface area contributed by atoms with Crippen LogP contribution in [-0.4, -0.2) is 47.3 Å². The average molecular weight is 593 g/mol. The SMILES string of the molecule is CCN1C(=O)[C@H]2[C@H](CC=C3[C@H]2C[C@H]2C(=O)N(c4ccccc4)C(=O)[C@@]2(C)[C@H]3c2cc(Br)c(O)c(OC)c2)C1=O. The fourth-order valence-corrected chi connectivity index (χ4v) is 7.97. The number of likely N-dealkylation sites (tertiary alicyclic amines) is 1. The molecule has 2 saturated heterocycles. The lowest BCUT2D eigenvalue weighted by molar-refractivity contribution is -0.140. The Morgan fingerprint density at radius 2 is 1.77 bits per heavy atom. The number of nitrogens with zero attached hydrogens (tertiary/aromatic N) is 2. The predicted molar refractivity (Wildman–Crippen MR) is 146 cm³/mol. The number of benzene rings is 2. The number of para-hydroxylation sites is 1. The Labute approximate surface area is 234 Å². The van der Waals surface area contributed by atoms with Gasteiger partial charge in [-0.1, -0.05) is 29.8 Å². The summed E-state index contributed by atoms with van der Waals surface area (Å²) in [5.74, 6) is -3.48. The summed E-state index contributed by atoms with van der Waals surface area (Å²) in [7, 11) is 1.45. The van der Waals surface area contributed by atoms with E-state index in [1.165, 1.54) is 16.9 Å². The van der Waals surface area contributed by atoms with E-state index in [1.807, 2.05) is 19.1 Å². The molecule has 0 bridgehead atoms. The zero-order chi connectivity index (χ0) is 27.8. The number of carbonyl (C=O) groups excluding carboxylic acids is 4. The van der Waals surface area contributed by atoms with Gasteiger partial charge in [-0.25, -0.2) is 4.90 Å². The number of hydrogen-bond acceptors (Lipinski definition) is 6. The molecular formula is C30H29BrN2O6. The van der Waals surface area contributed by atoms with Crippen molar-refractivity contribution < 1.29 is 29.0 Å². The molecule has 6 rings (SSSR count). The van der Waals surface area contributed by atoms with Gasteiger partial charge in [0.1, 0.15) is 0 Å². The number of fused-ring (bicyclic) bond motifs is 4. The van der Waals surface area contributed by atoms with E-state index in [9.17, 15) is 24.3 Å². The third-order valence-corrected chi connectivity index (χ3v) is 9.91. The molecule has 202 valence electrons. The van der Waals surface area contributed by atoms with E-state index in [-0.39, 0.29) is 41.0 Å². The number of methoxy groups -OCH3 is 1. The molecule has 0 spiro atoms. The predicted octanol–water partition coefficient (Wildman–Crippen LogP) is 4.41. The summed E-state index contributed by atoms with van der Waals surface area (Å²) >= 11 is 3.42. The van der Waals surface area contributed by atoms with E-state index < -0.39 is 29.1 Å². The number of anilines is 1. The molecule has 4 aliphatic rings. The van der Waals surface area contributed by atoms with Gasteiger partial charge < -0.3 is 9.84 Å². The Morgan fingerprint density at radius 3 is 2.44 bits per heavy atom. The first kappa shape index (κ1) is 25.8. The van der Waals surface area contributed by atoms with Crippen LogP contribution >= 0.6 is 15.9 Å². The smallest absolute Gasteiger partial charge is 0.241 e. The monoisotopic (exact) mass is 592 g/mol. The van der Waals surface area contributed by atoms with Crippen LogP contribution in [0.5, 0.6) is 11.5 Å². The molecule has 8 nitrogen and oxygen atoms in total. The van der Waals surface area contributed by atoms with Gasteiger partial charge in [-0.15, -0.1) is 0 Å². The Kier molecular flexibility index (Phi) is 5.98. The summed E-state index contributed by atoms with van der Waals surface area (Å²) < 4.78 is 5.84. The molecule has 0 aromatic heterocycles. The van der Waals surface area contributed by atoms with Crippen molar-refractivity contribution in [2.75, 3.05) is 18.6 Å². The molecule has 39 heavy (non-hydrogen) atoms. The molecule has 2 aliphatic heterocycles. The maximum absolute atomic E-state index is 14.3. The largest absolute Gasteiger partial charge is 0.503 e. The van der Waals surface area contributed by atoms with E-state index >= 15 is 0 Å². The summed E-state index contributed by atoms with van der Waals surface area (Å²) in [6.07, 6.45) is 2.72. The first-order valence-electron chi connectivity index (χ1n) is 13.2. The van der Waals surface area contributed by atoms with Crippen LogP contribution in [0.3, 0.4) is 0 Å². The summed E-state index contributed by atoms with van der Waals surface area (Å²) in [4.78, 5) is 57.6. The molecule has 2 heterocycles. The number of phenolic OH excluding ortho intramolecular Hbond substituents is 1. The zero-order valence-electron chi connectivity index (χ0n) is 21.9. The zero-order valence-corrected chi connectivity index (χ0v) is 23.5. The van der Waals surface area contributed by atoms with Gasteiger partial charge in [-0.2, -0.15) is 0 Å². The quantitative estimate of drug-likeness (QED) is 0.416. The van der Waals surface area contributed by atoms with Crippen molar-refractivity contribution in [1.29, 1.82) is 0 Å². The van der Waals surface area contributed by atoms with Crippen molar-refractivity contribution in [3.63, 3.8) is 0 Å². The van der Waals surface area contributed by atoms with Crippen molar-refractivity contribution in [2.24, 2.45) is 29.1 Å². The number of allylic oxidation sites excluding steroid dienone is 2. The van der Waals surface area contributed by atoms with Crippen LogP contribution in [0.1, 0.15) is 38.2 Å². The maximum atomic E-state index is 14.3. The number of ether oxygens (including phenoxy) is 1. The first-order valence-corrected chi connectivity index (χ1v) is 14.0. The molecular weight excluding hydrogens is 564 g/mol. The highest BCUT2D eigenvalue weighted by Gasteiger charge is 2.67. The highest BCUT2D eigenvalue weighted by molar-refractivity contribution is 9.10. The molecule has 2 aliphatic carbocycles. The minimum absolute atomic E-state index is 0.0668. The first-order chi connectivity index (χ1) is 18.6. The van der Waals surface area contributed by atoms with Crippen LogP contribution in [0.15, 0.2) is 58.6 Å². The lowest BCUT2D eigenvalue weighted by atomic mass is 9.51. The fourth-order valence-electron chi connectivity index (χ4n) is 7.51. The number of hydrogen-bond donors (Lipinski definition) is 1. The second-order valence-corrected chi connectivity index (χ2v) is 11.8. The number of imide groups is 2.